The maximum absolute atomic E-state index is 14.3. The van der Waals surface area contributed by atoms with Gasteiger partial charge in [0.15, 0.2) is 0 Å². The van der Waals surface area contributed by atoms with Gasteiger partial charge in [-0.2, -0.15) is 0 Å². The van der Waals surface area contributed by atoms with Crippen LogP contribution in [-0.4, -0.2) is 33.8 Å². The second-order valence-corrected chi connectivity index (χ2v) is 7.07. The summed E-state index contributed by atoms with van der Waals surface area (Å²) in [4.78, 5) is 29.5. The summed E-state index contributed by atoms with van der Waals surface area (Å²) in [7, 11) is 0. The third kappa shape index (κ3) is 4.43. The molecule has 0 bridgehead atoms. The number of carbonyl (C=O) groups is 1. The zero-order valence-electron chi connectivity index (χ0n) is 16.2. The number of aromatic nitrogens is 2. The van der Waals surface area contributed by atoms with E-state index in [0.29, 0.717) is 24.3 Å². The maximum atomic E-state index is 14.3. The lowest BCUT2D eigenvalue weighted by atomic mass is 10.2. The van der Waals surface area contributed by atoms with Gasteiger partial charge in [0, 0.05) is 18.8 Å². The SMILES string of the molecule is CC(N)c1nc2c(F)ccc(Cl)c2c(=O)n1-c1cccc(NC(=O)NCCCO)c1. The maximum Gasteiger partial charge on any atom is 0.319 e. The van der Waals surface area contributed by atoms with E-state index < -0.39 is 23.4 Å². The van der Waals surface area contributed by atoms with Gasteiger partial charge in [-0.1, -0.05) is 17.7 Å². The lowest BCUT2D eigenvalue weighted by molar-refractivity contribution is 0.249. The van der Waals surface area contributed by atoms with Crippen LogP contribution in [0.25, 0.3) is 16.6 Å². The van der Waals surface area contributed by atoms with Crippen molar-refractivity contribution in [3.8, 4) is 5.69 Å². The number of aliphatic hydroxyl groups is 1. The molecule has 30 heavy (non-hydrogen) atoms. The molecule has 3 aromatic rings. The van der Waals surface area contributed by atoms with E-state index in [9.17, 15) is 14.0 Å². The molecule has 0 aliphatic heterocycles. The van der Waals surface area contributed by atoms with Crippen molar-refractivity contribution in [3.63, 3.8) is 0 Å². The highest BCUT2D eigenvalue weighted by molar-refractivity contribution is 6.35. The molecule has 8 nitrogen and oxygen atoms in total. The number of amides is 2. The Morgan fingerprint density at radius 3 is 2.83 bits per heavy atom. The van der Waals surface area contributed by atoms with E-state index in [1.54, 1.807) is 31.2 Å². The van der Waals surface area contributed by atoms with Crippen LogP contribution in [-0.2, 0) is 0 Å². The largest absolute Gasteiger partial charge is 0.396 e. The summed E-state index contributed by atoms with van der Waals surface area (Å²) in [5, 5.41) is 14.1. The summed E-state index contributed by atoms with van der Waals surface area (Å²) in [6.45, 7) is 1.91. The number of hydrogen-bond acceptors (Lipinski definition) is 5. The minimum Gasteiger partial charge on any atom is -0.396 e. The van der Waals surface area contributed by atoms with Crippen LogP contribution in [0.2, 0.25) is 5.02 Å². The summed E-state index contributed by atoms with van der Waals surface area (Å²) in [6.07, 6.45) is 0.431. The van der Waals surface area contributed by atoms with Crippen molar-refractivity contribution in [1.29, 1.82) is 0 Å². The van der Waals surface area contributed by atoms with Gasteiger partial charge >= 0.3 is 6.03 Å². The van der Waals surface area contributed by atoms with Gasteiger partial charge in [-0.25, -0.2) is 14.2 Å². The fourth-order valence-corrected chi connectivity index (χ4v) is 3.20. The van der Waals surface area contributed by atoms with E-state index >= 15 is 0 Å². The van der Waals surface area contributed by atoms with E-state index in [1.807, 2.05) is 0 Å². The van der Waals surface area contributed by atoms with Crippen LogP contribution >= 0.6 is 11.6 Å². The van der Waals surface area contributed by atoms with Gasteiger partial charge in [-0.15, -0.1) is 0 Å². The minimum absolute atomic E-state index is 0.0309. The number of halogens is 2. The van der Waals surface area contributed by atoms with Gasteiger partial charge in [0.2, 0.25) is 0 Å². The van der Waals surface area contributed by atoms with Gasteiger partial charge in [-0.05, 0) is 43.7 Å². The number of fused-ring (bicyclic) bond motifs is 1. The molecule has 0 saturated heterocycles. The molecule has 2 amide bonds. The highest BCUT2D eigenvalue weighted by Crippen LogP contribution is 2.25. The lowest BCUT2D eigenvalue weighted by Gasteiger charge is -2.17. The van der Waals surface area contributed by atoms with Gasteiger partial charge in [0.1, 0.15) is 17.2 Å². The highest BCUT2D eigenvalue weighted by atomic mass is 35.5. The fraction of sp³-hybridized carbons (Fsp3) is 0.250. The number of carbonyl (C=O) groups excluding carboxylic acids is 1. The first kappa shape index (κ1) is 21.7. The van der Waals surface area contributed by atoms with Gasteiger partial charge in [0.25, 0.3) is 5.56 Å². The Labute approximate surface area is 176 Å². The van der Waals surface area contributed by atoms with E-state index in [1.165, 1.54) is 10.6 Å². The lowest BCUT2D eigenvalue weighted by Crippen LogP contribution is -2.30. The zero-order valence-corrected chi connectivity index (χ0v) is 16.9. The van der Waals surface area contributed by atoms with Crippen LogP contribution in [0.3, 0.4) is 0 Å². The van der Waals surface area contributed by atoms with Crippen molar-refractivity contribution in [2.75, 3.05) is 18.5 Å². The van der Waals surface area contributed by atoms with Crippen LogP contribution in [0.1, 0.15) is 25.2 Å². The van der Waals surface area contributed by atoms with E-state index in [0.717, 1.165) is 6.07 Å². The molecule has 0 saturated carbocycles. The number of benzene rings is 2. The number of urea groups is 1. The van der Waals surface area contributed by atoms with Crippen molar-refractivity contribution < 1.29 is 14.3 Å². The molecule has 0 spiro atoms. The monoisotopic (exact) mass is 433 g/mol. The molecule has 3 rings (SSSR count). The zero-order chi connectivity index (χ0) is 21.8. The quantitative estimate of drug-likeness (QED) is 0.445. The number of nitrogens with two attached hydrogens (primary N) is 1. The summed E-state index contributed by atoms with van der Waals surface area (Å²) >= 11 is 6.15. The molecule has 1 heterocycles. The highest BCUT2D eigenvalue weighted by Gasteiger charge is 2.20. The number of hydrogen-bond donors (Lipinski definition) is 4. The standard InChI is InChI=1S/C20H21ClFN5O3/c1-11(23)18-26-17-15(22)7-6-14(21)16(17)19(29)27(18)13-5-2-4-12(10-13)25-20(30)24-8-3-9-28/h2,4-7,10-11,28H,3,8-9,23H2,1H3,(H2,24,25,30). The predicted octanol–water partition coefficient (Wildman–Crippen LogP) is 2.70. The molecule has 10 heteroatoms. The third-order valence-electron chi connectivity index (χ3n) is 4.34. The topological polar surface area (TPSA) is 122 Å². The first-order valence-electron chi connectivity index (χ1n) is 9.26. The Bertz CT molecular complexity index is 1150. The predicted molar refractivity (Wildman–Crippen MR) is 114 cm³/mol. The van der Waals surface area contributed by atoms with E-state index in [4.69, 9.17) is 22.4 Å². The number of rotatable bonds is 6. The molecule has 0 aliphatic rings. The fourth-order valence-electron chi connectivity index (χ4n) is 2.97. The second-order valence-electron chi connectivity index (χ2n) is 6.66. The van der Waals surface area contributed by atoms with Gasteiger partial charge in [0.05, 0.1) is 22.1 Å². The Hall–Kier alpha value is -3.01. The molecule has 158 valence electrons. The van der Waals surface area contributed by atoms with Crippen molar-refractivity contribution in [1.82, 2.24) is 14.9 Å². The minimum atomic E-state index is -0.682. The van der Waals surface area contributed by atoms with Crippen LogP contribution in [0.15, 0.2) is 41.2 Å². The number of nitrogens with zero attached hydrogens (tertiary/aromatic N) is 2. The average Bonchev–Trinajstić information content (AvgIpc) is 2.70. The Balaban J connectivity index is 2.09. The van der Waals surface area contributed by atoms with Gasteiger partial charge in [-0.3, -0.25) is 9.36 Å². The third-order valence-corrected chi connectivity index (χ3v) is 4.66. The molecule has 1 atom stereocenters. The summed E-state index contributed by atoms with van der Waals surface area (Å²) < 4.78 is 15.5. The first-order valence-corrected chi connectivity index (χ1v) is 9.63. The van der Waals surface area contributed by atoms with Crippen LogP contribution in [0.5, 0.6) is 0 Å². The number of nitrogens with one attached hydrogen (secondary N) is 2. The molecule has 5 N–H and O–H groups in total. The Morgan fingerprint density at radius 1 is 1.37 bits per heavy atom. The number of anilines is 1. The van der Waals surface area contributed by atoms with Crippen molar-refractivity contribution >= 4 is 34.2 Å². The number of aliphatic hydroxyl groups excluding tert-OH is 1. The molecule has 1 unspecified atom stereocenters. The first-order chi connectivity index (χ1) is 14.3. The van der Waals surface area contributed by atoms with Crippen LogP contribution in [0, 0.1) is 5.82 Å². The van der Waals surface area contributed by atoms with Crippen LogP contribution < -0.4 is 21.9 Å². The van der Waals surface area contributed by atoms with Crippen LogP contribution in [0.4, 0.5) is 14.9 Å². The molecule has 0 aliphatic carbocycles. The van der Waals surface area contributed by atoms with E-state index in [2.05, 4.69) is 15.6 Å². The smallest absolute Gasteiger partial charge is 0.319 e. The molecule has 1 aromatic heterocycles. The summed E-state index contributed by atoms with van der Waals surface area (Å²) in [5.74, 6) is -0.520. The van der Waals surface area contributed by atoms with Gasteiger partial charge < -0.3 is 21.5 Å². The Morgan fingerprint density at radius 2 is 2.13 bits per heavy atom. The Kier molecular flexibility index (Phi) is 6.66. The molecule has 0 radical (unpaired) electrons. The van der Waals surface area contributed by atoms with Crippen molar-refractivity contribution in [2.45, 2.75) is 19.4 Å². The average molecular weight is 434 g/mol. The normalized spacial score (nSPS) is 12.0. The molecule has 2 aromatic carbocycles. The summed E-state index contributed by atoms with van der Waals surface area (Å²) in [5.41, 5.74) is 6.10. The molecule has 0 fully saturated rings. The summed E-state index contributed by atoms with van der Waals surface area (Å²) in [6, 6.07) is 7.81. The van der Waals surface area contributed by atoms with Crippen molar-refractivity contribution in [2.24, 2.45) is 5.73 Å². The van der Waals surface area contributed by atoms with E-state index in [-0.39, 0.29) is 28.4 Å². The molecular weight excluding hydrogens is 413 g/mol. The molecular formula is C20H21ClFN5O3. The second kappa shape index (κ2) is 9.21. The van der Waals surface area contributed by atoms with Crippen molar-refractivity contribution in [3.05, 3.63) is 63.4 Å².